The molecule has 2 atom stereocenters. The third-order valence-corrected chi connectivity index (χ3v) is 7.50. The summed E-state index contributed by atoms with van der Waals surface area (Å²) in [4.78, 5) is 26.4. The van der Waals surface area contributed by atoms with Crippen LogP contribution >= 0.6 is 0 Å². The molecule has 0 aliphatic carbocycles. The molecule has 5 heterocycles. The number of rotatable bonds is 3. The molecule has 0 bridgehead atoms. The van der Waals surface area contributed by atoms with E-state index in [0.29, 0.717) is 30.8 Å². The number of anilines is 2. The number of piperazine rings is 1. The maximum atomic E-state index is 14.4. The summed E-state index contributed by atoms with van der Waals surface area (Å²) in [5, 5.41) is 11.1. The average molecular weight is 487 g/mol. The maximum Gasteiger partial charge on any atom is 0.345 e. The number of fused-ring (bicyclic) bond motifs is 1. The molecule has 2 N–H and O–H groups in total. The number of nitrogens with zero attached hydrogens (tertiary/aromatic N) is 6. The number of aryl methyl sites for hydroxylation is 1. The molecule has 2 fully saturated rings. The van der Waals surface area contributed by atoms with Crippen LogP contribution in [0.1, 0.15) is 57.6 Å². The van der Waals surface area contributed by atoms with Gasteiger partial charge in [-0.25, -0.2) is 19.2 Å². The molecule has 2 aromatic heterocycles. The normalized spacial score (nSPS) is 25.0. The number of aromatic nitrogens is 4. The van der Waals surface area contributed by atoms with Crippen molar-refractivity contribution in [1.82, 2.24) is 34.9 Å². The highest BCUT2D eigenvalue weighted by molar-refractivity contribution is 5.80. The summed E-state index contributed by atoms with van der Waals surface area (Å²) >= 11 is 0. The monoisotopic (exact) mass is 486 g/mol. The van der Waals surface area contributed by atoms with E-state index in [4.69, 9.17) is 4.74 Å². The van der Waals surface area contributed by atoms with Crippen molar-refractivity contribution in [3.05, 3.63) is 29.1 Å². The molecule has 3 aliphatic heterocycles. The Labute approximate surface area is 205 Å². The third kappa shape index (κ3) is 4.41. The number of hydrogen-bond acceptors (Lipinski definition) is 8. The standard InChI is InChI=1S/C24H35FN8O2/c1-14-13-32(15(2)12-31(14)17-6-8-35-9-7-17)23(34)33-20-18(10-27-24(20,4)5)21(30-33)29-22-19(25)11-26-16(3)28-22/h11,14-15,17,27H,6-10,12-13H2,1-5H3,(H,26,28,29,30)/t14-,15+/m1/s1. The Kier molecular flexibility index (Phi) is 6.27. The molecule has 190 valence electrons. The minimum Gasteiger partial charge on any atom is -0.381 e. The number of nitrogens with one attached hydrogen (secondary N) is 2. The van der Waals surface area contributed by atoms with E-state index in [1.54, 1.807) is 6.92 Å². The summed E-state index contributed by atoms with van der Waals surface area (Å²) in [6.45, 7) is 13.6. The van der Waals surface area contributed by atoms with Crippen LogP contribution in [-0.2, 0) is 16.8 Å². The lowest BCUT2D eigenvalue weighted by atomic mass is 10.00. The molecule has 0 spiro atoms. The van der Waals surface area contributed by atoms with Crippen molar-refractivity contribution in [1.29, 1.82) is 0 Å². The Balaban J connectivity index is 1.43. The van der Waals surface area contributed by atoms with Gasteiger partial charge in [0, 0.05) is 56.5 Å². The Morgan fingerprint density at radius 2 is 1.94 bits per heavy atom. The fraction of sp³-hybridized carbons (Fsp3) is 0.667. The second kappa shape index (κ2) is 9.11. The molecule has 0 aromatic carbocycles. The van der Waals surface area contributed by atoms with E-state index in [2.05, 4.69) is 44.4 Å². The van der Waals surface area contributed by atoms with Gasteiger partial charge in [0.15, 0.2) is 17.5 Å². The summed E-state index contributed by atoms with van der Waals surface area (Å²) in [6, 6.07) is 0.620. The van der Waals surface area contributed by atoms with Crippen molar-refractivity contribution < 1.29 is 13.9 Å². The van der Waals surface area contributed by atoms with Gasteiger partial charge in [-0.1, -0.05) is 0 Å². The third-order valence-electron chi connectivity index (χ3n) is 7.50. The molecular formula is C24H35FN8O2. The van der Waals surface area contributed by atoms with E-state index in [0.717, 1.165) is 50.1 Å². The van der Waals surface area contributed by atoms with E-state index in [9.17, 15) is 9.18 Å². The summed E-state index contributed by atoms with van der Waals surface area (Å²) in [7, 11) is 0. The first-order chi connectivity index (χ1) is 16.7. The fourth-order valence-corrected chi connectivity index (χ4v) is 5.61. The van der Waals surface area contributed by atoms with Crippen molar-refractivity contribution >= 4 is 17.7 Å². The topological polar surface area (TPSA) is 100 Å². The predicted octanol–water partition coefficient (Wildman–Crippen LogP) is 2.74. The van der Waals surface area contributed by atoms with Crippen molar-refractivity contribution in [3.63, 3.8) is 0 Å². The summed E-state index contributed by atoms with van der Waals surface area (Å²) in [6.07, 6.45) is 3.20. The lowest BCUT2D eigenvalue weighted by molar-refractivity contribution is -0.0172. The highest BCUT2D eigenvalue weighted by atomic mass is 19.1. The van der Waals surface area contributed by atoms with Gasteiger partial charge < -0.3 is 20.3 Å². The van der Waals surface area contributed by atoms with Gasteiger partial charge in [-0.3, -0.25) is 4.90 Å². The van der Waals surface area contributed by atoms with Crippen molar-refractivity contribution in [3.8, 4) is 0 Å². The van der Waals surface area contributed by atoms with Crippen LogP contribution in [0, 0.1) is 12.7 Å². The summed E-state index contributed by atoms with van der Waals surface area (Å²) in [5.41, 5.74) is 1.18. The van der Waals surface area contributed by atoms with Crippen molar-refractivity contribution in [2.45, 2.75) is 77.7 Å². The molecule has 0 unspecified atom stereocenters. The number of hydrogen-bond donors (Lipinski definition) is 2. The van der Waals surface area contributed by atoms with Crippen LogP contribution in [0.2, 0.25) is 0 Å². The first-order valence-corrected chi connectivity index (χ1v) is 12.4. The van der Waals surface area contributed by atoms with Crippen LogP contribution in [0.4, 0.5) is 20.8 Å². The van der Waals surface area contributed by atoms with Crippen LogP contribution < -0.4 is 10.6 Å². The van der Waals surface area contributed by atoms with Crippen molar-refractivity contribution in [2.24, 2.45) is 0 Å². The highest BCUT2D eigenvalue weighted by Gasteiger charge is 2.42. The van der Waals surface area contributed by atoms with Gasteiger partial charge in [-0.2, -0.15) is 4.68 Å². The lowest BCUT2D eigenvalue weighted by Gasteiger charge is -2.48. The number of halogens is 1. The second-order valence-electron chi connectivity index (χ2n) is 10.5. The zero-order chi connectivity index (χ0) is 24.9. The number of amides is 1. The van der Waals surface area contributed by atoms with E-state index < -0.39 is 11.4 Å². The zero-order valence-corrected chi connectivity index (χ0v) is 21.1. The van der Waals surface area contributed by atoms with Crippen LogP contribution in [0.25, 0.3) is 0 Å². The zero-order valence-electron chi connectivity index (χ0n) is 21.1. The Morgan fingerprint density at radius 3 is 2.69 bits per heavy atom. The van der Waals surface area contributed by atoms with Gasteiger partial charge >= 0.3 is 6.03 Å². The van der Waals surface area contributed by atoms with Crippen LogP contribution in [-0.4, -0.2) is 80.0 Å². The van der Waals surface area contributed by atoms with Gasteiger partial charge in [-0.15, -0.1) is 5.10 Å². The molecule has 0 saturated carbocycles. The summed E-state index contributed by atoms with van der Waals surface area (Å²) in [5.74, 6) is 0.367. The molecule has 11 heteroatoms. The SMILES string of the molecule is Cc1ncc(F)c(Nc2nn(C(=O)N3C[C@@H](C)N(C4CCOCC4)C[C@@H]3C)c3c2CNC3(C)C)n1. The second-order valence-corrected chi connectivity index (χ2v) is 10.5. The Hall–Kier alpha value is -2.63. The van der Waals surface area contributed by atoms with Gasteiger partial charge in [0.1, 0.15) is 5.82 Å². The molecule has 0 radical (unpaired) electrons. The maximum absolute atomic E-state index is 14.4. The first-order valence-electron chi connectivity index (χ1n) is 12.4. The Morgan fingerprint density at radius 1 is 1.20 bits per heavy atom. The molecule has 35 heavy (non-hydrogen) atoms. The van der Waals surface area contributed by atoms with Gasteiger partial charge in [0.25, 0.3) is 0 Å². The molecule has 3 aliphatic rings. The van der Waals surface area contributed by atoms with E-state index in [1.165, 1.54) is 4.68 Å². The van der Waals surface area contributed by atoms with E-state index >= 15 is 0 Å². The lowest BCUT2D eigenvalue weighted by Crippen LogP contribution is -2.62. The first kappa shape index (κ1) is 24.1. The molecule has 2 saturated heterocycles. The highest BCUT2D eigenvalue weighted by Crippen LogP contribution is 2.37. The molecule has 5 rings (SSSR count). The number of carbonyl (C=O) groups excluding carboxylic acids is 1. The van der Waals surface area contributed by atoms with Gasteiger partial charge in [0.2, 0.25) is 0 Å². The largest absolute Gasteiger partial charge is 0.381 e. The molecular weight excluding hydrogens is 451 g/mol. The van der Waals surface area contributed by atoms with Crippen LogP contribution in [0.5, 0.6) is 0 Å². The van der Waals surface area contributed by atoms with Crippen LogP contribution in [0.3, 0.4) is 0 Å². The van der Waals surface area contributed by atoms with E-state index in [1.807, 2.05) is 18.7 Å². The van der Waals surface area contributed by atoms with Crippen molar-refractivity contribution in [2.75, 3.05) is 31.6 Å². The number of ether oxygens (including phenoxy) is 1. The quantitative estimate of drug-likeness (QED) is 0.683. The van der Waals surface area contributed by atoms with E-state index in [-0.39, 0.29) is 23.9 Å². The minimum absolute atomic E-state index is 0.0391. The average Bonchev–Trinajstić information content (AvgIpc) is 3.35. The van der Waals surface area contributed by atoms with Gasteiger partial charge in [0.05, 0.1) is 17.4 Å². The smallest absolute Gasteiger partial charge is 0.345 e. The predicted molar refractivity (Wildman–Crippen MR) is 129 cm³/mol. The van der Waals surface area contributed by atoms with Gasteiger partial charge in [-0.05, 0) is 47.5 Å². The minimum atomic E-state index is -0.567. The molecule has 1 amide bonds. The molecule has 2 aromatic rings. The molecule has 10 nitrogen and oxygen atoms in total. The Bertz CT molecular complexity index is 1110. The fourth-order valence-electron chi connectivity index (χ4n) is 5.61. The van der Waals surface area contributed by atoms with Crippen LogP contribution in [0.15, 0.2) is 6.20 Å². The number of carbonyl (C=O) groups is 1. The summed E-state index contributed by atoms with van der Waals surface area (Å²) < 4.78 is 21.4.